The topological polar surface area (TPSA) is 53.0 Å². The molecular weight excluding hydrogens is 84.0 g/mol. The molecule has 36 valence electrons. The van der Waals surface area contributed by atoms with Gasteiger partial charge in [0.25, 0.3) is 0 Å². The monoisotopic (exact) mass is 90.0 g/mol. The van der Waals surface area contributed by atoms with Crippen molar-refractivity contribution in [1.82, 2.24) is 0 Å². The smallest absolute Gasteiger partial charge is 0.184 e. The maximum Gasteiger partial charge on any atom is 0.184 e. The normalized spacial score (nSPS) is 43.0. The molecule has 0 amide bonds. The SMILES string of the molecule is OCC1OC1O. The van der Waals surface area contributed by atoms with Gasteiger partial charge >= 0.3 is 0 Å². The van der Waals surface area contributed by atoms with Crippen LogP contribution in [0.3, 0.4) is 0 Å². The molecular formula is C3H6O3. The Morgan fingerprint density at radius 2 is 2.17 bits per heavy atom. The van der Waals surface area contributed by atoms with Crippen LogP contribution < -0.4 is 0 Å². The average Bonchev–Trinajstić information content (AvgIpc) is 2.19. The van der Waals surface area contributed by atoms with Crippen LogP contribution in [0, 0.1) is 0 Å². The number of epoxide rings is 1. The maximum atomic E-state index is 8.24. The van der Waals surface area contributed by atoms with Crippen molar-refractivity contribution in [2.75, 3.05) is 6.61 Å². The third-order valence-electron chi connectivity index (χ3n) is 0.736. The summed E-state index contributed by atoms with van der Waals surface area (Å²) in [5, 5.41) is 16.3. The van der Waals surface area contributed by atoms with Crippen molar-refractivity contribution in [1.29, 1.82) is 0 Å². The third kappa shape index (κ3) is 0.518. The Balaban J connectivity index is 2.09. The number of ether oxygens (including phenoxy) is 1. The lowest BCUT2D eigenvalue weighted by Crippen LogP contribution is -1.96. The Bertz CT molecular complexity index is 52.0. The van der Waals surface area contributed by atoms with E-state index in [0.29, 0.717) is 0 Å². The van der Waals surface area contributed by atoms with E-state index in [1.54, 1.807) is 0 Å². The lowest BCUT2D eigenvalue weighted by molar-refractivity contribution is 0.155. The van der Waals surface area contributed by atoms with Gasteiger partial charge in [0.2, 0.25) is 0 Å². The van der Waals surface area contributed by atoms with E-state index in [4.69, 9.17) is 10.2 Å². The zero-order chi connectivity index (χ0) is 4.57. The number of aliphatic hydroxyl groups is 2. The quantitative estimate of drug-likeness (QED) is 0.393. The fourth-order valence-corrected chi connectivity index (χ4v) is 0.267. The van der Waals surface area contributed by atoms with Crippen molar-refractivity contribution in [2.24, 2.45) is 0 Å². The Morgan fingerprint density at radius 1 is 1.67 bits per heavy atom. The first kappa shape index (κ1) is 4.05. The summed E-state index contributed by atoms with van der Waals surface area (Å²) in [4.78, 5) is 0. The van der Waals surface area contributed by atoms with Gasteiger partial charge in [-0.25, -0.2) is 0 Å². The highest BCUT2D eigenvalue weighted by Gasteiger charge is 2.35. The molecule has 0 bridgehead atoms. The first-order chi connectivity index (χ1) is 2.84. The zero-order valence-electron chi connectivity index (χ0n) is 3.16. The minimum Gasteiger partial charge on any atom is -0.393 e. The zero-order valence-corrected chi connectivity index (χ0v) is 3.16. The van der Waals surface area contributed by atoms with Gasteiger partial charge in [0.15, 0.2) is 6.29 Å². The second-order valence-corrected chi connectivity index (χ2v) is 1.25. The molecule has 0 aromatic heterocycles. The molecule has 1 rings (SSSR count). The molecule has 1 heterocycles. The molecule has 0 saturated carbocycles. The van der Waals surface area contributed by atoms with Crippen LogP contribution in [0.15, 0.2) is 0 Å². The van der Waals surface area contributed by atoms with Crippen LogP contribution in [0.2, 0.25) is 0 Å². The molecule has 0 aromatic rings. The number of rotatable bonds is 1. The van der Waals surface area contributed by atoms with Crippen molar-refractivity contribution in [3.63, 3.8) is 0 Å². The predicted molar refractivity (Wildman–Crippen MR) is 18.0 cm³/mol. The van der Waals surface area contributed by atoms with E-state index in [1.165, 1.54) is 0 Å². The molecule has 3 nitrogen and oxygen atoms in total. The van der Waals surface area contributed by atoms with Gasteiger partial charge in [0.1, 0.15) is 6.10 Å². The van der Waals surface area contributed by atoms with Crippen molar-refractivity contribution >= 4 is 0 Å². The van der Waals surface area contributed by atoms with Gasteiger partial charge in [-0.1, -0.05) is 0 Å². The van der Waals surface area contributed by atoms with Crippen LogP contribution in [-0.4, -0.2) is 29.2 Å². The highest BCUT2D eigenvalue weighted by Crippen LogP contribution is 2.16. The van der Waals surface area contributed by atoms with Gasteiger partial charge in [0, 0.05) is 0 Å². The maximum absolute atomic E-state index is 8.24. The van der Waals surface area contributed by atoms with Crippen LogP contribution >= 0.6 is 0 Å². The second-order valence-electron chi connectivity index (χ2n) is 1.25. The Hall–Kier alpha value is -0.120. The Labute approximate surface area is 35.2 Å². The standard InChI is InChI=1S/C3H6O3/c4-1-2-3(5)6-2/h2-5H,1H2. The van der Waals surface area contributed by atoms with E-state index in [2.05, 4.69) is 4.74 Å². The summed E-state index contributed by atoms with van der Waals surface area (Å²) in [6.07, 6.45) is -0.972. The fraction of sp³-hybridized carbons (Fsp3) is 1.00. The molecule has 3 heteroatoms. The van der Waals surface area contributed by atoms with E-state index < -0.39 is 6.29 Å². The van der Waals surface area contributed by atoms with Gasteiger partial charge in [-0.05, 0) is 0 Å². The van der Waals surface area contributed by atoms with Gasteiger partial charge in [-0.3, -0.25) is 0 Å². The molecule has 2 unspecified atom stereocenters. The largest absolute Gasteiger partial charge is 0.393 e. The first-order valence-electron chi connectivity index (χ1n) is 1.79. The Kier molecular flexibility index (Phi) is 0.799. The summed E-state index contributed by atoms with van der Waals surface area (Å²) >= 11 is 0. The second kappa shape index (κ2) is 1.18. The van der Waals surface area contributed by atoms with Crippen LogP contribution in [-0.2, 0) is 4.74 Å². The molecule has 0 radical (unpaired) electrons. The van der Waals surface area contributed by atoms with Crippen LogP contribution in [0.4, 0.5) is 0 Å². The third-order valence-corrected chi connectivity index (χ3v) is 0.736. The summed E-state index contributed by atoms with van der Waals surface area (Å²) in [6, 6.07) is 0. The van der Waals surface area contributed by atoms with E-state index in [1.807, 2.05) is 0 Å². The molecule has 2 atom stereocenters. The summed E-state index contributed by atoms with van der Waals surface area (Å²) in [5.74, 6) is 0. The lowest BCUT2D eigenvalue weighted by atomic mass is 10.5. The highest BCUT2D eigenvalue weighted by atomic mass is 16.7. The summed E-state index contributed by atoms with van der Waals surface area (Å²) in [5.41, 5.74) is 0. The first-order valence-corrected chi connectivity index (χ1v) is 1.79. The predicted octanol–water partition coefficient (Wildman–Crippen LogP) is -1.30. The van der Waals surface area contributed by atoms with Crippen LogP contribution in [0.25, 0.3) is 0 Å². The minimum absolute atomic E-state index is 0.0683. The molecule has 0 aliphatic carbocycles. The van der Waals surface area contributed by atoms with Gasteiger partial charge < -0.3 is 14.9 Å². The van der Waals surface area contributed by atoms with E-state index in [9.17, 15) is 0 Å². The molecule has 1 fully saturated rings. The van der Waals surface area contributed by atoms with Crippen molar-refractivity contribution < 1.29 is 14.9 Å². The van der Waals surface area contributed by atoms with Gasteiger partial charge in [0.05, 0.1) is 6.61 Å². The van der Waals surface area contributed by atoms with E-state index in [-0.39, 0.29) is 12.7 Å². The minimum atomic E-state index is -0.685. The molecule has 2 N–H and O–H groups in total. The van der Waals surface area contributed by atoms with Crippen molar-refractivity contribution in [2.45, 2.75) is 12.4 Å². The average molecular weight is 90.1 g/mol. The summed E-state index contributed by atoms with van der Waals surface area (Å²) in [6.45, 7) is -0.0683. The molecule has 1 aliphatic heterocycles. The number of hydrogen-bond donors (Lipinski definition) is 2. The summed E-state index contributed by atoms with van der Waals surface area (Å²) < 4.78 is 4.37. The van der Waals surface area contributed by atoms with Crippen LogP contribution in [0.5, 0.6) is 0 Å². The number of aliphatic hydroxyl groups excluding tert-OH is 2. The van der Waals surface area contributed by atoms with Crippen LogP contribution in [0.1, 0.15) is 0 Å². The van der Waals surface area contributed by atoms with E-state index >= 15 is 0 Å². The molecule has 1 saturated heterocycles. The molecule has 1 aliphatic rings. The lowest BCUT2D eigenvalue weighted by Gasteiger charge is -1.72. The van der Waals surface area contributed by atoms with Crippen molar-refractivity contribution in [3.8, 4) is 0 Å². The molecule has 0 spiro atoms. The van der Waals surface area contributed by atoms with Gasteiger partial charge in [-0.2, -0.15) is 0 Å². The molecule has 0 aromatic carbocycles. The fourth-order valence-electron chi connectivity index (χ4n) is 0.267. The molecule has 6 heavy (non-hydrogen) atoms. The summed E-state index contributed by atoms with van der Waals surface area (Å²) in [7, 11) is 0. The van der Waals surface area contributed by atoms with Crippen molar-refractivity contribution in [3.05, 3.63) is 0 Å². The highest BCUT2D eigenvalue weighted by molar-refractivity contribution is 4.72. The van der Waals surface area contributed by atoms with E-state index in [0.717, 1.165) is 0 Å². The Morgan fingerprint density at radius 3 is 2.17 bits per heavy atom. The number of hydrogen-bond acceptors (Lipinski definition) is 3. The van der Waals surface area contributed by atoms with Gasteiger partial charge in [-0.15, -0.1) is 0 Å².